The first-order chi connectivity index (χ1) is 13.2. The second kappa shape index (κ2) is 7.90. The predicted octanol–water partition coefficient (Wildman–Crippen LogP) is 3.33. The molecule has 144 valence electrons. The lowest BCUT2D eigenvalue weighted by Gasteiger charge is -2.36. The number of benzene rings is 1. The van der Waals surface area contributed by atoms with E-state index in [0.717, 1.165) is 26.2 Å². The number of hydrogen-bond acceptors (Lipinski definition) is 5. The first kappa shape index (κ1) is 17.7. The molecule has 1 N–H and O–H groups in total. The number of rotatable bonds is 3. The Labute approximate surface area is 159 Å². The van der Waals surface area contributed by atoms with Gasteiger partial charge in [0, 0.05) is 56.7 Å². The molecule has 0 saturated carbocycles. The fourth-order valence-corrected chi connectivity index (χ4v) is 3.81. The maximum atomic E-state index is 12.3. The van der Waals surface area contributed by atoms with Crippen LogP contribution in [0.25, 0.3) is 0 Å². The van der Waals surface area contributed by atoms with Crippen molar-refractivity contribution in [3.8, 4) is 0 Å². The summed E-state index contributed by atoms with van der Waals surface area (Å²) >= 11 is 0. The largest absolute Gasteiger partial charge is 0.372 e. The maximum absolute atomic E-state index is 12.3. The van der Waals surface area contributed by atoms with Crippen LogP contribution in [0.4, 0.5) is 22.0 Å². The van der Waals surface area contributed by atoms with Crippen molar-refractivity contribution in [2.75, 3.05) is 54.4 Å². The van der Waals surface area contributed by atoms with Crippen LogP contribution < -0.4 is 15.1 Å². The summed E-state index contributed by atoms with van der Waals surface area (Å²) in [5.41, 5.74) is 2.54. The Balaban J connectivity index is 1.30. The molecule has 2 saturated heterocycles. The van der Waals surface area contributed by atoms with Gasteiger partial charge in [0.2, 0.25) is 0 Å². The number of aromatic nitrogens is 1. The van der Waals surface area contributed by atoms with Gasteiger partial charge in [-0.25, -0.2) is 4.79 Å². The molecule has 0 spiro atoms. The lowest BCUT2D eigenvalue weighted by atomic mass is 10.1. The van der Waals surface area contributed by atoms with Gasteiger partial charge in [-0.2, -0.15) is 0 Å². The molecule has 1 aromatic carbocycles. The van der Waals surface area contributed by atoms with E-state index < -0.39 is 0 Å². The molecule has 27 heavy (non-hydrogen) atoms. The highest BCUT2D eigenvalue weighted by Crippen LogP contribution is 2.24. The van der Waals surface area contributed by atoms with Gasteiger partial charge in [0.25, 0.3) is 0 Å². The molecule has 2 amide bonds. The molecule has 0 unspecified atom stereocenters. The molecule has 4 rings (SSSR count). The number of hydrogen-bond donors (Lipinski definition) is 1. The fraction of sp³-hybridized carbons (Fsp3) is 0.500. The first-order valence-electron chi connectivity index (χ1n) is 9.78. The monoisotopic (exact) mass is 369 g/mol. The number of nitrogens with zero attached hydrogens (tertiary/aromatic N) is 4. The van der Waals surface area contributed by atoms with Crippen LogP contribution >= 0.6 is 0 Å². The molecule has 0 bridgehead atoms. The number of aryl methyl sites for hydroxylation is 1. The Morgan fingerprint density at radius 1 is 0.926 bits per heavy atom. The zero-order valence-electron chi connectivity index (χ0n) is 15.9. The van der Waals surface area contributed by atoms with Crippen LogP contribution in [0, 0.1) is 6.92 Å². The van der Waals surface area contributed by atoms with E-state index in [1.54, 1.807) is 13.0 Å². The second-order valence-corrected chi connectivity index (χ2v) is 7.29. The summed E-state index contributed by atoms with van der Waals surface area (Å²) in [4.78, 5) is 19.0. The Morgan fingerprint density at radius 2 is 1.52 bits per heavy atom. The molecule has 2 aliphatic rings. The van der Waals surface area contributed by atoms with Crippen LogP contribution in [0.3, 0.4) is 0 Å². The van der Waals surface area contributed by atoms with Crippen molar-refractivity contribution in [2.24, 2.45) is 0 Å². The van der Waals surface area contributed by atoms with Crippen LogP contribution in [0.1, 0.15) is 25.0 Å². The minimum atomic E-state index is -0.122. The smallest absolute Gasteiger partial charge is 0.323 e. The number of nitrogens with one attached hydrogen (secondary N) is 1. The summed E-state index contributed by atoms with van der Waals surface area (Å²) in [7, 11) is 0. The standard InChI is InChI=1S/C20H27N5O2/c1-16-15-19(22-27-16)21-20(26)25-13-11-24(12-14-25)18-7-5-17(6-8-18)23-9-3-2-4-10-23/h5-8,15H,2-4,9-14H2,1H3,(H,21,22,26). The van der Waals surface area contributed by atoms with Gasteiger partial charge in [0.1, 0.15) is 5.76 Å². The Bertz CT molecular complexity index is 759. The van der Waals surface area contributed by atoms with Crippen molar-refractivity contribution in [2.45, 2.75) is 26.2 Å². The number of piperidine rings is 1. The summed E-state index contributed by atoms with van der Waals surface area (Å²) in [6.45, 7) is 7.17. The minimum Gasteiger partial charge on any atom is -0.372 e. The highest BCUT2D eigenvalue weighted by atomic mass is 16.5. The van der Waals surface area contributed by atoms with Gasteiger partial charge >= 0.3 is 6.03 Å². The normalized spacial score (nSPS) is 17.9. The maximum Gasteiger partial charge on any atom is 0.323 e. The number of piperazine rings is 1. The third-order valence-corrected chi connectivity index (χ3v) is 5.37. The van der Waals surface area contributed by atoms with Crippen LogP contribution in [-0.4, -0.2) is 55.4 Å². The van der Waals surface area contributed by atoms with E-state index in [9.17, 15) is 4.79 Å². The zero-order chi connectivity index (χ0) is 18.6. The molecule has 2 fully saturated rings. The van der Waals surface area contributed by atoms with E-state index in [0.29, 0.717) is 24.7 Å². The van der Waals surface area contributed by atoms with Gasteiger partial charge < -0.3 is 19.2 Å². The van der Waals surface area contributed by atoms with E-state index in [1.165, 1.54) is 30.6 Å². The van der Waals surface area contributed by atoms with E-state index in [-0.39, 0.29) is 6.03 Å². The van der Waals surface area contributed by atoms with Crippen molar-refractivity contribution >= 4 is 23.2 Å². The highest BCUT2D eigenvalue weighted by molar-refractivity contribution is 5.88. The fourth-order valence-electron chi connectivity index (χ4n) is 3.81. The molecular weight excluding hydrogens is 342 g/mol. The van der Waals surface area contributed by atoms with E-state index in [4.69, 9.17) is 4.52 Å². The molecule has 7 nitrogen and oxygen atoms in total. The lowest BCUT2D eigenvalue weighted by Crippen LogP contribution is -2.50. The Hall–Kier alpha value is -2.70. The van der Waals surface area contributed by atoms with Crippen molar-refractivity contribution in [1.82, 2.24) is 10.1 Å². The summed E-state index contributed by atoms with van der Waals surface area (Å²) in [5.74, 6) is 1.15. The molecule has 2 aliphatic heterocycles. The Morgan fingerprint density at radius 3 is 2.07 bits per heavy atom. The SMILES string of the molecule is Cc1cc(NC(=O)N2CCN(c3ccc(N4CCCCC4)cc3)CC2)no1. The number of carbonyl (C=O) groups excluding carboxylic acids is 1. The van der Waals surface area contributed by atoms with Crippen molar-refractivity contribution < 1.29 is 9.32 Å². The van der Waals surface area contributed by atoms with Gasteiger partial charge in [-0.15, -0.1) is 0 Å². The summed E-state index contributed by atoms with van der Waals surface area (Å²) in [5, 5.41) is 6.60. The van der Waals surface area contributed by atoms with Crippen molar-refractivity contribution in [3.63, 3.8) is 0 Å². The van der Waals surface area contributed by atoms with E-state index >= 15 is 0 Å². The molecule has 0 atom stereocenters. The quantitative estimate of drug-likeness (QED) is 0.899. The molecule has 7 heteroatoms. The molecule has 1 aromatic heterocycles. The predicted molar refractivity (Wildman–Crippen MR) is 107 cm³/mol. The van der Waals surface area contributed by atoms with Gasteiger partial charge in [-0.3, -0.25) is 5.32 Å². The summed E-state index contributed by atoms with van der Waals surface area (Å²) in [6.07, 6.45) is 3.93. The van der Waals surface area contributed by atoms with Crippen molar-refractivity contribution in [1.29, 1.82) is 0 Å². The van der Waals surface area contributed by atoms with Gasteiger partial charge in [0.05, 0.1) is 0 Å². The molecule has 0 aliphatic carbocycles. The topological polar surface area (TPSA) is 64.9 Å². The van der Waals surface area contributed by atoms with Gasteiger partial charge in [-0.1, -0.05) is 5.16 Å². The number of urea groups is 1. The van der Waals surface area contributed by atoms with Gasteiger partial charge in [0.15, 0.2) is 5.82 Å². The Kier molecular flexibility index (Phi) is 5.18. The average molecular weight is 369 g/mol. The molecule has 3 heterocycles. The first-order valence-corrected chi connectivity index (χ1v) is 9.78. The number of anilines is 3. The summed E-state index contributed by atoms with van der Waals surface area (Å²) in [6, 6.07) is 10.5. The van der Waals surface area contributed by atoms with Gasteiger partial charge in [-0.05, 0) is 50.5 Å². The minimum absolute atomic E-state index is 0.122. The third kappa shape index (κ3) is 4.18. The molecular formula is C20H27N5O2. The average Bonchev–Trinajstić information content (AvgIpc) is 3.13. The highest BCUT2D eigenvalue weighted by Gasteiger charge is 2.22. The van der Waals surface area contributed by atoms with E-state index in [1.807, 2.05) is 4.90 Å². The van der Waals surface area contributed by atoms with Crippen LogP contribution in [0.5, 0.6) is 0 Å². The number of carbonyl (C=O) groups is 1. The zero-order valence-corrected chi connectivity index (χ0v) is 15.9. The molecule has 0 radical (unpaired) electrons. The van der Waals surface area contributed by atoms with Crippen LogP contribution in [0.15, 0.2) is 34.9 Å². The number of amides is 2. The van der Waals surface area contributed by atoms with Crippen LogP contribution in [0.2, 0.25) is 0 Å². The van der Waals surface area contributed by atoms with Crippen molar-refractivity contribution in [3.05, 3.63) is 36.1 Å². The van der Waals surface area contributed by atoms with Crippen LogP contribution in [-0.2, 0) is 0 Å². The third-order valence-electron chi connectivity index (χ3n) is 5.37. The molecule has 2 aromatic rings. The van der Waals surface area contributed by atoms with E-state index in [2.05, 4.69) is 44.5 Å². The summed E-state index contributed by atoms with van der Waals surface area (Å²) < 4.78 is 4.99. The second-order valence-electron chi connectivity index (χ2n) is 7.29. The lowest BCUT2D eigenvalue weighted by molar-refractivity contribution is 0.208.